The van der Waals surface area contributed by atoms with Crippen LogP contribution in [0.1, 0.15) is 60.5 Å². The van der Waals surface area contributed by atoms with Crippen LogP contribution < -0.4 is 14.4 Å². The Balaban J connectivity index is 1.38. The lowest BCUT2D eigenvalue weighted by Gasteiger charge is -2.23. The standard InChI is InChI=1S/C34H33N3O5S2/c1-4-5-15-41-26-8-6-7-23(18-26)29-28(30(38)24-13-14-27-25(17-24)16-21(3)42-27)31(39)32(40)37(29)33-35-36-34(44-33)43-19-22-11-9-20(2)10-12-22/h6-14,17-18,21,29,38H,4-5,15-16,19H2,1-3H3/b30-28+. The van der Waals surface area contributed by atoms with E-state index in [4.69, 9.17) is 9.47 Å². The van der Waals surface area contributed by atoms with Crippen LogP contribution in [0.25, 0.3) is 5.76 Å². The number of aromatic nitrogens is 2. The van der Waals surface area contributed by atoms with Crippen molar-refractivity contribution in [3.05, 3.63) is 100 Å². The number of aryl methyl sites for hydroxylation is 1. The van der Waals surface area contributed by atoms with E-state index in [0.717, 1.165) is 29.7 Å². The van der Waals surface area contributed by atoms with Gasteiger partial charge in [0.15, 0.2) is 4.34 Å². The normalized spacial score (nSPS) is 18.8. The third kappa shape index (κ3) is 6.09. The predicted octanol–water partition coefficient (Wildman–Crippen LogP) is 7.27. The van der Waals surface area contributed by atoms with E-state index in [-0.39, 0.29) is 22.6 Å². The number of Topliss-reactive ketones (excluding diaryl/α,β-unsaturated/α-hetero) is 1. The Kier molecular flexibility index (Phi) is 8.72. The minimum atomic E-state index is -0.920. The molecule has 0 spiro atoms. The molecule has 1 saturated heterocycles. The second-order valence-electron chi connectivity index (χ2n) is 11.0. The maximum Gasteiger partial charge on any atom is 0.301 e. The maximum absolute atomic E-state index is 13.7. The summed E-state index contributed by atoms with van der Waals surface area (Å²) in [7, 11) is 0. The number of hydrogen-bond donors (Lipinski definition) is 1. The summed E-state index contributed by atoms with van der Waals surface area (Å²) in [6, 6.07) is 20.0. The molecule has 44 heavy (non-hydrogen) atoms. The highest BCUT2D eigenvalue weighted by Gasteiger charge is 2.48. The van der Waals surface area contributed by atoms with Crippen LogP contribution in [-0.4, -0.2) is 39.7 Å². The Morgan fingerprint density at radius 1 is 1.11 bits per heavy atom. The number of carbonyl (C=O) groups is 2. The molecular weight excluding hydrogens is 595 g/mol. The van der Waals surface area contributed by atoms with Crippen molar-refractivity contribution in [1.29, 1.82) is 0 Å². The average Bonchev–Trinajstić information content (AvgIpc) is 3.71. The largest absolute Gasteiger partial charge is 0.507 e. The lowest BCUT2D eigenvalue weighted by Crippen LogP contribution is -2.29. The van der Waals surface area contributed by atoms with Gasteiger partial charge in [-0.15, -0.1) is 10.2 Å². The van der Waals surface area contributed by atoms with Crippen molar-refractivity contribution in [1.82, 2.24) is 10.2 Å². The minimum absolute atomic E-state index is 0.00307. The molecule has 2 atom stereocenters. The first kappa shape index (κ1) is 29.9. The van der Waals surface area contributed by atoms with E-state index in [1.807, 2.05) is 44.2 Å². The van der Waals surface area contributed by atoms with Gasteiger partial charge in [-0.3, -0.25) is 14.5 Å². The number of aliphatic hydroxyl groups excluding tert-OH is 1. The fraction of sp³-hybridized carbons (Fsp3) is 0.294. The van der Waals surface area contributed by atoms with Crippen LogP contribution in [0.4, 0.5) is 5.13 Å². The predicted molar refractivity (Wildman–Crippen MR) is 173 cm³/mol. The van der Waals surface area contributed by atoms with Crippen molar-refractivity contribution in [2.75, 3.05) is 11.5 Å². The van der Waals surface area contributed by atoms with Gasteiger partial charge in [0.2, 0.25) is 5.13 Å². The van der Waals surface area contributed by atoms with Gasteiger partial charge in [-0.05, 0) is 67.3 Å². The molecule has 2 aliphatic heterocycles. The van der Waals surface area contributed by atoms with Crippen molar-refractivity contribution in [2.45, 2.75) is 62.3 Å². The number of hydrogen-bond acceptors (Lipinski definition) is 9. The maximum atomic E-state index is 13.7. The fourth-order valence-electron chi connectivity index (χ4n) is 5.37. The molecule has 1 fully saturated rings. The number of ether oxygens (including phenoxy) is 2. The van der Waals surface area contributed by atoms with Gasteiger partial charge in [-0.25, -0.2) is 0 Å². The first-order chi connectivity index (χ1) is 21.3. The fourth-order valence-corrected chi connectivity index (χ4v) is 7.19. The number of nitrogens with zero attached hydrogens (tertiary/aromatic N) is 3. The summed E-state index contributed by atoms with van der Waals surface area (Å²) in [5.74, 6) is 0.282. The number of fused-ring (bicyclic) bond motifs is 1. The molecule has 3 heterocycles. The molecule has 3 aromatic carbocycles. The van der Waals surface area contributed by atoms with Crippen LogP contribution in [0.3, 0.4) is 0 Å². The zero-order valence-electron chi connectivity index (χ0n) is 24.8. The topological polar surface area (TPSA) is 102 Å². The summed E-state index contributed by atoms with van der Waals surface area (Å²) in [5.41, 5.74) is 4.35. The first-order valence-electron chi connectivity index (χ1n) is 14.7. The molecule has 1 N–H and O–H groups in total. The molecule has 8 nitrogen and oxygen atoms in total. The minimum Gasteiger partial charge on any atom is -0.507 e. The lowest BCUT2D eigenvalue weighted by molar-refractivity contribution is -0.132. The summed E-state index contributed by atoms with van der Waals surface area (Å²) in [6.45, 7) is 6.67. The number of unbranched alkanes of at least 4 members (excludes halogenated alkanes) is 1. The Labute approximate surface area is 264 Å². The van der Waals surface area contributed by atoms with E-state index >= 15 is 0 Å². The molecule has 10 heteroatoms. The van der Waals surface area contributed by atoms with Gasteiger partial charge in [-0.1, -0.05) is 78.4 Å². The number of carbonyl (C=O) groups excluding carboxylic acids is 2. The van der Waals surface area contributed by atoms with Crippen molar-refractivity contribution < 1.29 is 24.2 Å². The van der Waals surface area contributed by atoms with E-state index in [2.05, 4.69) is 41.4 Å². The molecule has 226 valence electrons. The van der Waals surface area contributed by atoms with E-state index in [1.54, 1.807) is 12.1 Å². The van der Waals surface area contributed by atoms with Crippen molar-refractivity contribution >= 4 is 45.7 Å². The molecule has 1 aromatic heterocycles. The van der Waals surface area contributed by atoms with Crippen LogP contribution >= 0.6 is 23.1 Å². The highest BCUT2D eigenvalue weighted by Crippen LogP contribution is 2.45. The quantitative estimate of drug-likeness (QED) is 0.0489. The van der Waals surface area contributed by atoms with Crippen LogP contribution in [0.2, 0.25) is 0 Å². The molecule has 1 amide bonds. The summed E-state index contributed by atoms with van der Waals surface area (Å²) >= 11 is 2.76. The number of ketones is 1. The second-order valence-corrected chi connectivity index (χ2v) is 13.2. The summed E-state index contributed by atoms with van der Waals surface area (Å²) in [4.78, 5) is 28.7. The number of thioether (sulfide) groups is 1. The Morgan fingerprint density at radius 3 is 2.73 bits per heavy atom. The molecular formula is C34H33N3O5S2. The molecule has 0 saturated carbocycles. The van der Waals surface area contributed by atoms with Gasteiger partial charge in [0, 0.05) is 17.7 Å². The monoisotopic (exact) mass is 627 g/mol. The van der Waals surface area contributed by atoms with Crippen LogP contribution in [-0.2, 0) is 21.8 Å². The first-order valence-corrected chi connectivity index (χ1v) is 16.5. The van der Waals surface area contributed by atoms with E-state index < -0.39 is 17.7 Å². The van der Waals surface area contributed by atoms with Crippen molar-refractivity contribution in [2.24, 2.45) is 0 Å². The molecule has 2 unspecified atom stereocenters. The average molecular weight is 628 g/mol. The molecule has 0 aliphatic carbocycles. The van der Waals surface area contributed by atoms with Crippen LogP contribution in [0, 0.1) is 6.92 Å². The van der Waals surface area contributed by atoms with E-state index in [0.29, 0.717) is 40.0 Å². The van der Waals surface area contributed by atoms with Crippen molar-refractivity contribution in [3.63, 3.8) is 0 Å². The number of aliphatic hydroxyl groups is 1. The molecule has 0 bridgehead atoms. The summed E-state index contributed by atoms with van der Waals surface area (Å²) in [5, 5.41) is 20.6. The zero-order valence-corrected chi connectivity index (χ0v) is 26.4. The number of benzene rings is 3. The second kappa shape index (κ2) is 12.8. The zero-order chi connectivity index (χ0) is 30.8. The van der Waals surface area contributed by atoms with Crippen LogP contribution in [0.15, 0.2) is 76.6 Å². The molecule has 2 aliphatic rings. The van der Waals surface area contributed by atoms with Crippen LogP contribution in [0.5, 0.6) is 11.5 Å². The Hall–Kier alpha value is -4.15. The summed E-state index contributed by atoms with van der Waals surface area (Å²) < 4.78 is 12.5. The molecule has 4 aromatic rings. The van der Waals surface area contributed by atoms with Gasteiger partial charge < -0.3 is 14.6 Å². The highest BCUT2D eigenvalue weighted by molar-refractivity contribution is 8.00. The Morgan fingerprint density at radius 2 is 1.93 bits per heavy atom. The van der Waals surface area contributed by atoms with Crippen molar-refractivity contribution in [3.8, 4) is 11.5 Å². The van der Waals surface area contributed by atoms with Gasteiger partial charge in [0.1, 0.15) is 23.4 Å². The number of anilines is 1. The SMILES string of the molecule is CCCCOc1cccc(C2/C(=C(\O)c3ccc4c(c3)CC(C)O4)C(=O)C(=O)N2c2nnc(SCc3ccc(C)cc3)s2)c1. The van der Waals surface area contributed by atoms with Gasteiger partial charge in [-0.2, -0.15) is 0 Å². The molecule has 6 rings (SSSR count). The van der Waals surface area contributed by atoms with Gasteiger partial charge in [0.25, 0.3) is 5.78 Å². The Bertz CT molecular complexity index is 1730. The van der Waals surface area contributed by atoms with E-state index in [1.165, 1.54) is 33.6 Å². The third-order valence-electron chi connectivity index (χ3n) is 7.64. The lowest BCUT2D eigenvalue weighted by atomic mass is 9.94. The van der Waals surface area contributed by atoms with Gasteiger partial charge in [0.05, 0.1) is 18.2 Å². The summed E-state index contributed by atoms with van der Waals surface area (Å²) in [6.07, 6.45) is 2.61. The number of amides is 1. The highest BCUT2D eigenvalue weighted by atomic mass is 32.2. The van der Waals surface area contributed by atoms with E-state index in [9.17, 15) is 14.7 Å². The van der Waals surface area contributed by atoms with Gasteiger partial charge >= 0.3 is 5.91 Å². The number of rotatable bonds is 10. The smallest absolute Gasteiger partial charge is 0.301 e. The third-order valence-corrected chi connectivity index (χ3v) is 9.77. The molecule has 0 radical (unpaired) electrons.